The largest absolute Gasteiger partial charge is 0.479 e. The fourth-order valence-corrected chi connectivity index (χ4v) is 1.46. The van der Waals surface area contributed by atoms with Crippen molar-refractivity contribution in [2.45, 2.75) is 0 Å². The molecule has 0 radical (unpaired) electrons. The van der Waals surface area contributed by atoms with Crippen LogP contribution in [0.3, 0.4) is 0 Å². The van der Waals surface area contributed by atoms with Gasteiger partial charge in [-0.3, -0.25) is 0 Å². The maximum atomic E-state index is 10.0. The second kappa shape index (κ2) is 3.59. The Hall–Kier alpha value is -0.740. The van der Waals surface area contributed by atoms with Crippen LogP contribution in [0.25, 0.3) is 0 Å². The Morgan fingerprint density at radius 3 is 2.91 bits per heavy atom. The highest BCUT2D eigenvalue weighted by Gasteiger charge is 2.03. The minimum atomic E-state index is -1.01. The van der Waals surface area contributed by atoms with Crippen LogP contribution in [0.2, 0.25) is 5.02 Å². The third kappa shape index (κ3) is 2.40. The summed E-state index contributed by atoms with van der Waals surface area (Å²) in [5.41, 5.74) is 0. The Kier molecular flexibility index (Phi) is 2.73. The number of carbonyl (C=O) groups is 1. The van der Waals surface area contributed by atoms with Crippen molar-refractivity contribution in [3.05, 3.63) is 15.8 Å². The molecule has 60 valence electrons. The second-order valence-corrected chi connectivity index (χ2v) is 2.92. The Morgan fingerprint density at radius 2 is 2.45 bits per heavy atom. The normalized spacial score (nSPS) is 9.55. The minimum absolute atomic E-state index is 0.351. The summed E-state index contributed by atoms with van der Waals surface area (Å²) in [6.07, 6.45) is 0. The first-order chi connectivity index (χ1) is 5.20. The summed E-state index contributed by atoms with van der Waals surface area (Å²) in [7, 11) is 0. The predicted octanol–water partition coefficient (Wildman–Crippen LogP) is 1.86. The van der Waals surface area contributed by atoms with Gasteiger partial charge in [-0.05, 0) is 0 Å². The minimum Gasteiger partial charge on any atom is -0.479 e. The van der Waals surface area contributed by atoms with Crippen LogP contribution in [0.1, 0.15) is 0 Å². The van der Waals surface area contributed by atoms with Crippen molar-refractivity contribution in [2.24, 2.45) is 0 Å². The summed E-state index contributed by atoms with van der Waals surface area (Å²) in [5.74, 6) is -0.577. The van der Waals surface area contributed by atoms with Crippen molar-refractivity contribution in [2.75, 3.05) is 6.61 Å². The highest BCUT2D eigenvalue weighted by Crippen LogP contribution is 2.27. The molecule has 1 aromatic rings. The fraction of sp³-hybridized carbons (Fsp3) is 0.167. The molecule has 0 spiro atoms. The molecule has 0 aliphatic rings. The van der Waals surface area contributed by atoms with Crippen LogP contribution in [0.5, 0.6) is 5.75 Å². The summed E-state index contributed by atoms with van der Waals surface area (Å²) in [6.45, 7) is -0.351. The Balaban J connectivity index is 2.51. The number of ether oxygens (including phenoxy) is 1. The van der Waals surface area contributed by atoms with E-state index in [2.05, 4.69) is 0 Å². The van der Waals surface area contributed by atoms with Gasteiger partial charge in [-0.1, -0.05) is 11.6 Å². The van der Waals surface area contributed by atoms with E-state index in [4.69, 9.17) is 21.4 Å². The third-order valence-electron chi connectivity index (χ3n) is 0.933. The monoisotopic (exact) mass is 192 g/mol. The first-order valence-electron chi connectivity index (χ1n) is 2.76. The number of halogens is 1. The van der Waals surface area contributed by atoms with Gasteiger partial charge in [0.2, 0.25) is 0 Å². The molecular weight excluding hydrogens is 188 g/mol. The highest BCUT2D eigenvalue weighted by atomic mass is 35.5. The second-order valence-electron chi connectivity index (χ2n) is 1.77. The molecule has 0 bridgehead atoms. The van der Waals surface area contributed by atoms with Gasteiger partial charge in [0.25, 0.3) is 0 Å². The number of carboxylic acid groups (broad SMARTS) is 1. The van der Waals surface area contributed by atoms with Gasteiger partial charge >= 0.3 is 5.97 Å². The number of thiophene rings is 1. The zero-order valence-corrected chi connectivity index (χ0v) is 6.98. The lowest BCUT2D eigenvalue weighted by atomic mass is 10.6. The number of rotatable bonds is 3. The van der Waals surface area contributed by atoms with Crippen LogP contribution in [-0.4, -0.2) is 17.7 Å². The molecule has 0 aliphatic heterocycles. The van der Waals surface area contributed by atoms with Gasteiger partial charge in [0, 0.05) is 10.8 Å². The Morgan fingerprint density at radius 1 is 1.73 bits per heavy atom. The number of hydrogen-bond donors (Lipinski definition) is 1. The smallest absolute Gasteiger partial charge is 0.341 e. The van der Waals surface area contributed by atoms with Gasteiger partial charge in [0.05, 0.1) is 5.02 Å². The SMILES string of the molecule is O=C(O)COc1cscc1Cl. The summed E-state index contributed by atoms with van der Waals surface area (Å²) >= 11 is 6.98. The lowest BCUT2D eigenvalue weighted by Gasteiger charge is -1.98. The van der Waals surface area contributed by atoms with Crippen molar-refractivity contribution >= 4 is 28.9 Å². The molecule has 5 heteroatoms. The molecule has 0 amide bonds. The summed E-state index contributed by atoms with van der Waals surface area (Å²) < 4.78 is 4.82. The van der Waals surface area contributed by atoms with Crippen LogP contribution in [0.15, 0.2) is 10.8 Å². The molecule has 1 N–H and O–H groups in total. The molecule has 0 aliphatic carbocycles. The lowest BCUT2D eigenvalue weighted by Crippen LogP contribution is -2.08. The Labute approximate surface area is 72.2 Å². The topological polar surface area (TPSA) is 46.5 Å². The van der Waals surface area contributed by atoms with Gasteiger partial charge in [0.15, 0.2) is 6.61 Å². The summed E-state index contributed by atoms with van der Waals surface area (Å²) in [6, 6.07) is 0. The van der Waals surface area contributed by atoms with Crippen molar-refractivity contribution in [3.63, 3.8) is 0 Å². The van der Waals surface area contributed by atoms with E-state index in [0.29, 0.717) is 10.8 Å². The molecule has 0 saturated heterocycles. The van der Waals surface area contributed by atoms with E-state index in [1.165, 1.54) is 11.3 Å². The molecule has 0 saturated carbocycles. The van der Waals surface area contributed by atoms with Crippen LogP contribution < -0.4 is 4.74 Å². The first kappa shape index (κ1) is 8.36. The van der Waals surface area contributed by atoms with Crippen LogP contribution in [0, 0.1) is 0 Å². The van der Waals surface area contributed by atoms with Gasteiger partial charge in [-0.2, -0.15) is 0 Å². The quantitative estimate of drug-likeness (QED) is 0.795. The maximum Gasteiger partial charge on any atom is 0.341 e. The fourth-order valence-electron chi connectivity index (χ4n) is 0.512. The molecule has 0 aromatic carbocycles. The molecule has 0 unspecified atom stereocenters. The predicted molar refractivity (Wildman–Crippen MR) is 42.5 cm³/mol. The van der Waals surface area contributed by atoms with Crippen LogP contribution in [0.4, 0.5) is 0 Å². The van der Waals surface area contributed by atoms with E-state index in [1.54, 1.807) is 10.8 Å². The third-order valence-corrected chi connectivity index (χ3v) is 2.08. The molecule has 1 rings (SSSR count). The van der Waals surface area contributed by atoms with E-state index < -0.39 is 5.97 Å². The van der Waals surface area contributed by atoms with Crippen molar-refractivity contribution in [1.29, 1.82) is 0 Å². The number of carboxylic acids is 1. The van der Waals surface area contributed by atoms with Crippen molar-refractivity contribution in [3.8, 4) is 5.75 Å². The standard InChI is InChI=1S/C6H5ClO3S/c7-4-2-11-3-5(4)10-1-6(8)9/h2-3H,1H2,(H,8,9). The van der Waals surface area contributed by atoms with Gasteiger partial charge < -0.3 is 9.84 Å². The van der Waals surface area contributed by atoms with E-state index in [1.807, 2.05) is 0 Å². The van der Waals surface area contributed by atoms with Crippen molar-refractivity contribution in [1.82, 2.24) is 0 Å². The Bertz CT molecular complexity index is 258. The van der Waals surface area contributed by atoms with E-state index >= 15 is 0 Å². The average molecular weight is 193 g/mol. The molecule has 1 aromatic heterocycles. The van der Waals surface area contributed by atoms with Crippen molar-refractivity contribution < 1.29 is 14.6 Å². The molecule has 11 heavy (non-hydrogen) atoms. The number of hydrogen-bond acceptors (Lipinski definition) is 3. The van der Waals surface area contributed by atoms with E-state index in [9.17, 15) is 4.79 Å². The van der Waals surface area contributed by atoms with E-state index in [-0.39, 0.29) is 6.61 Å². The van der Waals surface area contributed by atoms with E-state index in [0.717, 1.165) is 0 Å². The zero-order valence-electron chi connectivity index (χ0n) is 5.41. The van der Waals surface area contributed by atoms with Gasteiger partial charge in [-0.25, -0.2) is 4.79 Å². The van der Waals surface area contributed by atoms with Crippen LogP contribution >= 0.6 is 22.9 Å². The first-order valence-corrected chi connectivity index (χ1v) is 4.08. The summed E-state index contributed by atoms with van der Waals surface area (Å²) in [4.78, 5) is 10.0. The molecular formula is C6H5ClO3S. The zero-order chi connectivity index (χ0) is 8.27. The summed E-state index contributed by atoms with van der Waals surface area (Å²) in [5, 5.41) is 12.0. The van der Waals surface area contributed by atoms with Gasteiger partial charge in [-0.15, -0.1) is 11.3 Å². The van der Waals surface area contributed by atoms with Gasteiger partial charge in [0.1, 0.15) is 5.75 Å². The maximum absolute atomic E-state index is 10.0. The average Bonchev–Trinajstić information content (AvgIpc) is 2.31. The molecule has 3 nitrogen and oxygen atoms in total. The number of aliphatic carboxylic acids is 1. The highest BCUT2D eigenvalue weighted by molar-refractivity contribution is 7.08. The molecule has 1 heterocycles. The van der Waals surface area contributed by atoms with Crippen LogP contribution in [-0.2, 0) is 4.79 Å². The lowest BCUT2D eigenvalue weighted by molar-refractivity contribution is -0.139. The molecule has 0 atom stereocenters. The molecule has 0 fully saturated rings.